The van der Waals surface area contributed by atoms with Crippen molar-refractivity contribution < 1.29 is 18.4 Å². The lowest BCUT2D eigenvalue weighted by atomic mass is 10.3. The van der Waals surface area contributed by atoms with E-state index in [-0.39, 0.29) is 24.4 Å². The van der Waals surface area contributed by atoms with Crippen LogP contribution >= 0.6 is 15.9 Å². The highest BCUT2D eigenvalue weighted by atomic mass is 79.9. The van der Waals surface area contributed by atoms with Gasteiger partial charge in [-0.2, -0.15) is 4.98 Å². The van der Waals surface area contributed by atoms with Gasteiger partial charge >= 0.3 is 1.43 Å². The molecule has 0 amide bonds. The minimum absolute atomic E-state index is 0. The summed E-state index contributed by atoms with van der Waals surface area (Å²) in [5.74, 6) is 0.661. The van der Waals surface area contributed by atoms with Crippen molar-refractivity contribution in [3.8, 4) is 0 Å². The zero-order valence-electron chi connectivity index (χ0n) is 7.30. The van der Waals surface area contributed by atoms with Gasteiger partial charge < -0.3 is 28.4 Å². The molecule has 0 aromatic carbocycles. The van der Waals surface area contributed by atoms with Crippen LogP contribution in [-0.2, 0) is 6.42 Å². The van der Waals surface area contributed by atoms with Crippen LogP contribution in [0.25, 0.3) is 0 Å². The van der Waals surface area contributed by atoms with Crippen molar-refractivity contribution in [2.45, 2.75) is 6.42 Å². The minimum Gasteiger partial charge on any atom is -1.00 e. The Kier molecular flexibility index (Phi) is 5.16. The maximum Gasteiger partial charge on any atom is 1.00 e. The van der Waals surface area contributed by atoms with E-state index in [1.165, 1.54) is 0 Å². The number of nitrogens with zero attached hydrogens (tertiary/aromatic N) is 2. The fourth-order valence-corrected chi connectivity index (χ4v) is 1.17. The Morgan fingerprint density at radius 1 is 1.42 bits per heavy atom. The molecule has 4 nitrogen and oxygen atoms in total. The standard InChI is InChI=1S/C6H9BrN4.BrH/c7-2-1-4-3-5(8)11-6(9)10-4;/h3H,1-2H2,(H4,8,9,10,11);1H. The Morgan fingerprint density at radius 3 is 2.58 bits per heavy atom. The highest BCUT2D eigenvalue weighted by Crippen LogP contribution is 2.05. The van der Waals surface area contributed by atoms with Crippen LogP contribution in [0.5, 0.6) is 0 Å². The summed E-state index contributed by atoms with van der Waals surface area (Å²) in [4.78, 5) is 7.73. The molecule has 0 bridgehead atoms. The molecule has 6 heteroatoms. The van der Waals surface area contributed by atoms with Gasteiger partial charge in [0.2, 0.25) is 5.95 Å². The molecule has 1 rings (SSSR count). The first-order chi connectivity index (χ1) is 5.22. The number of anilines is 2. The Bertz CT molecular complexity index is 238. The molecule has 0 aliphatic carbocycles. The van der Waals surface area contributed by atoms with E-state index >= 15 is 0 Å². The normalized spacial score (nSPS) is 9.08. The summed E-state index contributed by atoms with van der Waals surface area (Å²) in [7, 11) is 0. The smallest absolute Gasteiger partial charge is 1.00 e. The molecule has 0 saturated heterocycles. The summed E-state index contributed by atoms with van der Waals surface area (Å²) in [6, 6.07) is 1.72. The molecule has 12 heavy (non-hydrogen) atoms. The predicted octanol–water partition coefficient (Wildman–Crippen LogP) is -2.31. The average molecular weight is 298 g/mol. The number of nitrogens with two attached hydrogens (primary N) is 2. The van der Waals surface area contributed by atoms with Crippen LogP contribution in [0.4, 0.5) is 11.8 Å². The number of aromatic nitrogens is 2. The fraction of sp³-hybridized carbons (Fsp3) is 0.333. The van der Waals surface area contributed by atoms with Crippen LogP contribution in [0.1, 0.15) is 7.12 Å². The van der Waals surface area contributed by atoms with Gasteiger partial charge in [0.15, 0.2) is 0 Å². The van der Waals surface area contributed by atoms with Gasteiger partial charge in [-0.05, 0) is 6.42 Å². The van der Waals surface area contributed by atoms with Gasteiger partial charge in [-0.1, -0.05) is 15.9 Å². The van der Waals surface area contributed by atoms with Crippen molar-refractivity contribution in [3.05, 3.63) is 11.8 Å². The average Bonchev–Trinajstić information content (AvgIpc) is 1.85. The molecule has 1 aromatic heterocycles. The van der Waals surface area contributed by atoms with Crippen molar-refractivity contribution in [2.24, 2.45) is 0 Å². The fourth-order valence-electron chi connectivity index (χ4n) is 0.765. The molecule has 0 saturated carbocycles. The zero-order valence-corrected chi connectivity index (χ0v) is 9.47. The third kappa shape index (κ3) is 3.36. The maximum absolute atomic E-state index is 5.44. The second-order valence-corrected chi connectivity index (χ2v) is 2.87. The molecule has 1 heterocycles. The molecule has 0 aliphatic heterocycles. The van der Waals surface area contributed by atoms with Crippen molar-refractivity contribution in [1.29, 1.82) is 0 Å². The van der Waals surface area contributed by atoms with Gasteiger partial charge in [0, 0.05) is 17.1 Å². The van der Waals surface area contributed by atoms with Gasteiger partial charge in [0.1, 0.15) is 5.82 Å². The Balaban J connectivity index is 0. The molecule has 0 fully saturated rings. The number of alkyl halides is 1. The van der Waals surface area contributed by atoms with Crippen molar-refractivity contribution in [1.82, 2.24) is 9.97 Å². The first-order valence-electron chi connectivity index (χ1n) is 3.17. The van der Waals surface area contributed by atoms with E-state index in [9.17, 15) is 0 Å². The second kappa shape index (κ2) is 5.31. The van der Waals surface area contributed by atoms with E-state index in [0.717, 1.165) is 17.4 Å². The van der Waals surface area contributed by atoms with Gasteiger partial charge in [0.05, 0.1) is 0 Å². The van der Waals surface area contributed by atoms with Crippen LogP contribution in [-0.4, -0.2) is 15.3 Å². The highest BCUT2D eigenvalue weighted by molar-refractivity contribution is 9.09. The molecule has 0 atom stereocenters. The second-order valence-electron chi connectivity index (χ2n) is 2.08. The zero-order chi connectivity index (χ0) is 8.27. The molecule has 4 N–H and O–H groups in total. The summed E-state index contributed by atoms with van der Waals surface area (Å²) in [5.41, 5.74) is 11.7. The summed E-state index contributed by atoms with van der Waals surface area (Å²) in [5, 5.41) is 0.850. The Labute approximate surface area is 91.1 Å². The number of nitrogen functional groups attached to an aromatic ring is 2. The Morgan fingerprint density at radius 2 is 2.08 bits per heavy atom. The molecular formula is C6H10Br2N4. The lowest BCUT2D eigenvalue weighted by Gasteiger charge is -1.99. The summed E-state index contributed by atoms with van der Waals surface area (Å²) >= 11 is 3.29. The molecule has 0 unspecified atom stereocenters. The lowest BCUT2D eigenvalue weighted by Crippen LogP contribution is -3.00. The van der Waals surface area contributed by atoms with Gasteiger partial charge in [-0.15, -0.1) is 0 Å². The molecular weight excluding hydrogens is 288 g/mol. The van der Waals surface area contributed by atoms with Crippen molar-refractivity contribution >= 4 is 27.7 Å². The maximum atomic E-state index is 5.44. The van der Waals surface area contributed by atoms with Crippen LogP contribution in [0.3, 0.4) is 0 Å². The summed E-state index contributed by atoms with van der Waals surface area (Å²) in [6.45, 7) is 0. The Hall–Kier alpha value is -0.360. The van der Waals surface area contributed by atoms with Gasteiger partial charge in [-0.25, -0.2) is 4.98 Å². The molecule has 68 valence electrons. The van der Waals surface area contributed by atoms with E-state index in [2.05, 4.69) is 25.9 Å². The SMILES string of the molecule is Nc1cc(CCBr)nc(N)n1.[Br-].[H+]. The van der Waals surface area contributed by atoms with Crippen LogP contribution in [0.2, 0.25) is 0 Å². The lowest BCUT2D eigenvalue weighted by molar-refractivity contribution is -0.00000253. The molecule has 0 radical (unpaired) electrons. The van der Waals surface area contributed by atoms with E-state index in [1.54, 1.807) is 6.07 Å². The van der Waals surface area contributed by atoms with Gasteiger partial charge in [-0.3, -0.25) is 0 Å². The molecule has 0 spiro atoms. The van der Waals surface area contributed by atoms with Crippen LogP contribution in [0, 0.1) is 0 Å². The number of rotatable bonds is 2. The third-order valence-corrected chi connectivity index (χ3v) is 1.56. The molecule has 1 aromatic rings. The number of hydrogen-bond acceptors (Lipinski definition) is 4. The quantitative estimate of drug-likeness (QED) is 0.602. The minimum atomic E-state index is 0. The third-order valence-electron chi connectivity index (χ3n) is 1.17. The number of hydrogen-bond donors (Lipinski definition) is 2. The van der Waals surface area contributed by atoms with Crippen molar-refractivity contribution in [3.63, 3.8) is 0 Å². The van der Waals surface area contributed by atoms with E-state index in [0.29, 0.717) is 5.82 Å². The monoisotopic (exact) mass is 296 g/mol. The topological polar surface area (TPSA) is 77.8 Å². The van der Waals surface area contributed by atoms with Gasteiger partial charge in [0.25, 0.3) is 0 Å². The number of aryl methyl sites for hydroxylation is 1. The largest absolute Gasteiger partial charge is 1.00 e. The van der Waals surface area contributed by atoms with E-state index < -0.39 is 0 Å². The summed E-state index contributed by atoms with van der Waals surface area (Å²) < 4.78 is 0. The first kappa shape index (κ1) is 11.6. The van der Waals surface area contributed by atoms with Crippen molar-refractivity contribution in [2.75, 3.05) is 16.8 Å². The van der Waals surface area contributed by atoms with Crippen LogP contribution in [0.15, 0.2) is 6.07 Å². The van der Waals surface area contributed by atoms with E-state index in [4.69, 9.17) is 11.5 Å². The summed E-state index contributed by atoms with van der Waals surface area (Å²) in [6.07, 6.45) is 0.816. The predicted molar refractivity (Wildman–Crippen MR) is 49.5 cm³/mol. The van der Waals surface area contributed by atoms with E-state index in [1.807, 2.05) is 0 Å². The number of halogens is 2. The molecule has 0 aliphatic rings. The first-order valence-corrected chi connectivity index (χ1v) is 4.29. The van der Waals surface area contributed by atoms with Crippen LogP contribution < -0.4 is 28.4 Å². The highest BCUT2D eigenvalue weighted by Gasteiger charge is 1.97.